The van der Waals surface area contributed by atoms with Gasteiger partial charge < -0.3 is 9.32 Å². The highest BCUT2D eigenvalue weighted by molar-refractivity contribution is 5.99. The summed E-state index contributed by atoms with van der Waals surface area (Å²) in [4.78, 5) is 18.4. The molecule has 0 bridgehead atoms. The van der Waals surface area contributed by atoms with Crippen molar-refractivity contribution in [1.82, 2.24) is 9.88 Å². The summed E-state index contributed by atoms with van der Waals surface area (Å²) in [6, 6.07) is 9.77. The maximum Gasteiger partial charge on any atom is 0.289 e. The van der Waals surface area contributed by atoms with Crippen molar-refractivity contribution in [2.24, 2.45) is 0 Å². The largest absolute Gasteiger partial charge is 0.450 e. The van der Waals surface area contributed by atoms with E-state index in [1.807, 2.05) is 44.2 Å². The Labute approximate surface area is 129 Å². The first kappa shape index (κ1) is 14.3. The fourth-order valence-corrected chi connectivity index (χ4v) is 2.60. The quantitative estimate of drug-likeness (QED) is 0.739. The number of hydrogen-bond acceptors (Lipinski definition) is 3. The second-order valence-electron chi connectivity index (χ2n) is 5.53. The van der Waals surface area contributed by atoms with Gasteiger partial charge in [0.2, 0.25) is 0 Å². The first-order chi connectivity index (χ1) is 10.6. The summed E-state index contributed by atoms with van der Waals surface area (Å²) in [7, 11) is 1.77. The lowest BCUT2D eigenvalue weighted by atomic mass is 10.1. The molecule has 0 saturated carbocycles. The van der Waals surface area contributed by atoms with E-state index in [1.54, 1.807) is 24.3 Å². The Kier molecular flexibility index (Phi) is 3.67. The predicted molar refractivity (Wildman–Crippen MR) is 85.7 cm³/mol. The number of rotatable bonds is 3. The van der Waals surface area contributed by atoms with Crippen LogP contribution in [0.1, 0.15) is 27.2 Å². The maximum atomic E-state index is 12.7. The number of nitrogens with zero attached hydrogens (tertiary/aromatic N) is 2. The summed E-state index contributed by atoms with van der Waals surface area (Å²) in [6.45, 7) is 4.41. The van der Waals surface area contributed by atoms with Gasteiger partial charge in [-0.3, -0.25) is 9.78 Å². The first-order valence-electron chi connectivity index (χ1n) is 7.21. The molecular weight excluding hydrogens is 276 g/mol. The van der Waals surface area contributed by atoms with Gasteiger partial charge in [-0.2, -0.15) is 0 Å². The molecule has 3 aromatic rings. The normalized spacial score (nSPS) is 10.9. The lowest BCUT2D eigenvalue weighted by molar-refractivity contribution is 0.0754. The van der Waals surface area contributed by atoms with Gasteiger partial charge in [-0.25, -0.2) is 0 Å². The van der Waals surface area contributed by atoms with Crippen molar-refractivity contribution < 1.29 is 9.21 Å². The Bertz CT molecular complexity index is 822. The van der Waals surface area contributed by atoms with Gasteiger partial charge in [0.05, 0.1) is 0 Å². The van der Waals surface area contributed by atoms with E-state index in [4.69, 9.17) is 4.42 Å². The monoisotopic (exact) mass is 294 g/mol. The van der Waals surface area contributed by atoms with Crippen LogP contribution in [0.3, 0.4) is 0 Å². The van der Waals surface area contributed by atoms with E-state index >= 15 is 0 Å². The van der Waals surface area contributed by atoms with E-state index < -0.39 is 0 Å². The number of carbonyl (C=O) groups is 1. The fraction of sp³-hybridized carbons (Fsp3) is 0.222. The van der Waals surface area contributed by atoms with E-state index in [1.165, 1.54) is 0 Å². The molecule has 0 atom stereocenters. The van der Waals surface area contributed by atoms with Gasteiger partial charge in [-0.15, -0.1) is 0 Å². The molecule has 2 heterocycles. The molecule has 1 aromatic carbocycles. The molecule has 0 aliphatic carbocycles. The van der Waals surface area contributed by atoms with Gasteiger partial charge in [0.1, 0.15) is 5.58 Å². The zero-order valence-electron chi connectivity index (χ0n) is 13.0. The van der Waals surface area contributed by atoms with Crippen molar-refractivity contribution in [1.29, 1.82) is 0 Å². The van der Waals surface area contributed by atoms with Gasteiger partial charge in [0.15, 0.2) is 5.76 Å². The summed E-state index contributed by atoms with van der Waals surface area (Å²) in [6.07, 6.45) is 3.48. The highest BCUT2D eigenvalue weighted by atomic mass is 16.3. The van der Waals surface area contributed by atoms with Crippen molar-refractivity contribution in [2.45, 2.75) is 20.4 Å². The van der Waals surface area contributed by atoms with Gasteiger partial charge in [-0.1, -0.05) is 24.3 Å². The molecule has 1 amide bonds. The van der Waals surface area contributed by atoms with E-state index in [-0.39, 0.29) is 5.91 Å². The van der Waals surface area contributed by atoms with E-state index in [0.29, 0.717) is 12.3 Å². The Morgan fingerprint density at radius 2 is 2.05 bits per heavy atom. The highest BCUT2D eigenvalue weighted by Gasteiger charge is 2.21. The molecule has 0 fully saturated rings. The molecule has 0 radical (unpaired) electrons. The van der Waals surface area contributed by atoms with Gasteiger partial charge in [-0.05, 0) is 31.0 Å². The Balaban J connectivity index is 1.92. The molecular formula is C18H18N2O2. The maximum absolute atomic E-state index is 12.7. The molecule has 112 valence electrons. The molecule has 3 rings (SSSR count). The van der Waals surface area contributed by atoms with Crippen LogP contribution in [0.4, 0.5) is 0 Å². The molecule has 22 heavy (non-hydrogen) atoms. The fourth-order valence-electron chi connectivity index (χ4n) is 2.60. The van der Waals surface area contributed by atoms with E-state index in [2.05, 4.69) is 4.98 Å². The predicted octanol–water partition coefficient (Wildman–Crippen LogP) is 3.72. The van der Waals surface area contributed by atoms with Crippen LogP contribution in [0.5, 0.6) is 0 Å². The second-order valence-corrected chi connectivity index (χ2v) is 5.53. The Morgan fingerprint density at radius 1 is 1.23 bits per heavy atom. The third-order valence-electron chi connectivity index (χ3n) is 3.84. The van der Waals surface area contributed by atoms with Crippen molar-refractivity contribution in [3.05, 3.63) is 65.2 Å². The second kappa shape index (κ2) is 5.64. The number of amides is 1. The molecule has 0 spiro atoms. The highest BCUT2D eigenvalue weighted by Crippen LogP contribution is 2.28. The van der Waals surface area contributed by atoms with Gasteiger partial charge >= 0.3 is 0 Å². The van der Waals surface area contributed by atoms with Crippen LogP contribution in [0, 0.1) is 13.8 Å². The number of hydrogen-bond donors (Lipinski definition) is 0. The van der Waals surface area contributed by atoms with E-state index in [0.717, 1.165) is 27.7 Å². The number of aromatic nitrogens is 1. The third kappa shape index (κ3) is 2.48. The summed E-state index contributed by atoms with van der Waals surface area (Å²) < 4.78 is 5.84. The standard InChI is InChI=1S/C18H18N2O2/c1-12-6-4-8-15-13(2)17(22-16(12)15)18(21)20(3)11-14-7-5-9-19-10-14/h4-10H,11H2,1-3H3. The van der Waals surface area contributed by atoms with Crippen LogP contribution in [0.2, 0.25) is 0 Å². The van der Waals surface area contributed by atoms with Crippen LogP contribution in [-0.2, 0) is 6.54 Å². The lowest BCUT2D eigenvalue weighted by Gasteiger charge is -2.15. The number of pyridine rings is 1. The van der Waals surface area contributed by atoms with Crippen molar-refractivity contribution >= 4 is 16.9 Å². The van der Waals surface area contributed by atoms with Crippen molar-refractivity contribution in [3.8, 4) is 0 Å². The topological polar surface area (TPSA) is 46.3 Å². The summed E-state index contributed by atoms with van der Waals surface area (Å²) >= 11 is 0. The van der Waals surface area contributed by atoms with Crippen LogP contribution in [-0.4, -0.2) is 22.8 Å². The van der Waals surface area contributed by atoms with Crippen LogP contribution >= 0.6 is 0 Å². The van der Waals surface area contributed by atoms with Crippen LogP contribution in [0.25, 0.3) is 11.0 Å². The molecule has 2 aromatic heterocycles. The zero-order chi connectivity index (χ0) is 15.7. The number of fused-ring (bicyclic) bond motifs is 1. The molecule has 0 N–H and O–H groups in total. The number of benzene rings is 1. The van der Waals surface area contributed by atoms with Crippen LogP contribution in [0.15, 0.2) is 47.1 Å². The van der Waals surface area contributed by atoms with Crippen molar-refractivity contribution in [2.75, 3.05) is 7.05 Å². The third-order valence-corrected chi connectivity index (χ3v) is 3.84. The molecule has 0 aliphatic heterocycles. The van der Waals surface area contributed by atoms with E-state index in [9.17, 15) is 4.79 Å². The first-order valence-corrected chi connectivity index (χ1v) is 7.21. The molecule has 0 unspecified atom stereocenters. The van der Waals surface area contributed by atoms with Gasteiger partial charge in [0.25, 0.3) is 5.91 Å². The lowest BCUT2D eigenvalue weighted by Crippen LogP contribution is -2.26. The Morgan fingerprint density at radius 3 is 2.73 bits per heavy atom. The SMILES string of the molecule is Cc1c(C(=O)N(C)Cc2cccnc2)oc2c(C)cccc12. The molecule has 0 aliphatic rings. The number of furan rings is 1. The minimum Gasteiger partial charge on any atom is -0.450 e. The molecule has 4 nitrogen and oxygen atoms in total. The molecule has 4 heteroatoms. The number of aryl methyl sites for hydroxylation is 2. The number of carbonyl (C=O) groups excluding carboxylic acids is 1. The minimum absolute atomic E-state index is 0.114. The minimum atomic E-state index is -0.114. The van der Waals surface area contributed by atoms with Crippen LogP contribution < -0.4 is 0 Å². The zero-order valence-corrected chi connectivity index (χ0v) is 13.0. The smallest absolute Gasteiger partial charge is 0.289 e. The molecule has 0 saturated heterocycles. The Hall–Kier alpha value is -2.62. The summed E-state index contributed by atoms with van der Waals surface area (Å²) in [5, 5.41) is 0.998. The van der Waals surface area contributed by atoms with Crippen molar-refractivity contribution in [3.63, 3.8) is 0 Å². The summed E-state index contributed by atoms with van der Waals surface area (Å²) in [5.41, 5.74) is 3.71. The summed E-state index contributed by atoms with van der Waals surface area (Å²) in [5.74, 6) is 0.299. The average molecular weight is 294 g/mol. The number of para-hydroxylation sites is 1. The average Bonchev–Trinajstić information content (AvgIpc) is 2.86. The van der Waals surface area contributed by atoms with Gasteiger partial charge in [0, 0.05) is 36.9 Å².